The third kappa shape index (κ3) is 1.78. The van der Waals surface area contributed by atoms with Gasteiger partial charge in [-0.25, -0.2) is 0 Å². The summed E-state index contributed by atoms with van der Waals surface area (Å²) in [5, 5.41) is 8.44. The van der Waals surface area contributed by atoms with Crippen LogP contribution >= 0.6 is 15.9 Å². The topological polar surface area (TPSA) is 36.7 Å². The Balaban J connectivity index is 3.08. The van der Waals surface area contributed by atoms with E-state index in [2.05, 4.69) is 27.0 Å². The zero-order valence-corrected chi connectivity index (χ0v) is 7.72. The molecule has 0 unspecified atom stereocenters. The molecule has 2 nitrogen and oxygen atoms in total. The van der Waals surface area contributed by atoms with E-state index in [0.717, 1.165) is 15.7 Å². The molecular weight excluding hydrogens is 204 g/mol. The third-order valence-corrected chi connectivity index (χ3v) is 2.50. The van der Waals surface area contributed by atoms with Gasteiger partial charge in [-0.3, -0.25) is 4.98 Å². The lowest BCUT2D eigenvalue weighted by Crippen LogP contribution is -1.89. The molecule has 0 saturated heterocycles. The van der Waals surface area contributed by atoms with Crippen molar-refractivity contribution in [2.45, 2.75) is 13.3 Å². The molecular formula is C8H7BrN2. The molecule has 56 valence electrons. The normalized spacial score (nSPS) is 9.18. The molecule has 0 spiro atoms. The maximum Gasteiger partial charge on any atom is 0.0670 e. The summed E-state index contributed by atoms with van der Waals surface area (Å²) >= 11 is 3.37. The summed E-state index contributed by atoms with van der Waals surface area (Å²) in [4.78, 5) is 4.07. The van der Waals surface area contributed by atoms with Gasteiger partial charge in [0.05, 0.1) is 18.2 Å². The second kappa shape index (κ2) is 3.49. The molecule has 1 aromatic rings. The summed E-state index contributed by atoms with van der Waals surface area (Å²) < 4.78 is 0.946. The lowest BCUT2D eigenvalue weighted by atomic mass is 10.2. The molecule has 0 aliphatic rings. The standard InChI is InChI=1S/C8H7BrN2/c1-6-8(9)7(2-4-10)3-5-11-6/h3,5H,2H2,1H3. The maximum atomic E-state index is 8.44. The van der Waals surface area contributed by atoms with Crippen LogP contribution in [-0.4, -0.2) is 4.98 Å². The number of pyridine rings is 1. The van der Waals surface area contributed by atoms with Crippen molar-refractivity contribution >= 4 is 15.9 Å². The van der Waals surface area contributed by atoms with Gasteiger partial charge >= 0.3 is 0 Å². The maximum absolute atomic E-state index is 8.44. The average Bonchev–Trinajstić information content (AvgIpc) is 1.99. The molecule has 1 rings (SSSR count). The van der Waals surface area contributed by atoms with Crippen LogP contribution in [0.3, 0.4) is 0 Å². The molecule has 0 atom stereocenters. The molecule has 0 bridgehead atoms. The van der Waals surface area contributed by atoms with Gasteiger partial charge < -0.3 is 0 Å². The van der Waals surface area contributed by atoms with E-state index in [1.165, 1.54) is 0 Å². The molecule has 3 heteroatoms. The first-order valence-electron chi connectivity index (χ1n) is 3.22. The molecule has 1 heterocycles. The predicted octanol–water partition coefficient (Wildman–Crippen LogP) is 2.22. The second-order valence-electron chi connectivity index (χ2n) is 2.20. The zero-order valence-electron chi connectivity index (χ0n) is 6.13. The van der Waals surface area contributed by atoms with Crippen LogP contribution in [0.1, 0.15) is 11.3 Å². The smallest absolute Gasteiger partial charge is 0.0670 e. The van der Waals surface area contributed by atoms with Gasteiger partial charge in [-0.1, -0.05) is 0 Å². The quantitative estimate of drug-likeness (QED) is 0.713. The molecule has 0 aromatic carbocycles. The summed E-state index contributed by atoms with van der Waals surface area (Å²) in [5.74, 6) is 0. The van der Waals surface area contributed by atoms with Crippen LogP contribution in [0, 0.1) is 18.3 Å². The third-order valence-electron chi connectivity index (χ3n) is 1.41. The van der Waals surface area contributed by atoms with Gasteiger partial charge in [0.2, 0.25) is 0 Å². The summed E-state index contributed by atoms with van der Waals surface area (Å²) in [6.07, 6.45) is 2.15. The van der Waals surface area contributed by atoms with Crippen LogP contribution < -0.4 is 0 Å². The molecule has 1 aromatic heterocycles. The van der Waals surface area contributed by atoms with Crippen LogP contribution in [0.25, 0.3) is 0 Å². The largest absolute Gasteiger partial charge is 0.260 e. The first-order chi connectivity index (χ1) is 5.25. The van der Waals surface area contributed by atoms with E-state index in [9.17, 15) is 0 Å². The molecule has 0 aliphatic heterocycles. The fourth-order valence-corrected chi connectivity index (χ4v) is 1.20. The minimum absolute atomic E-state index is 0.434. The van der Waals surface area contributed by atoms with Crippen LogP contribution in [0.4, 0.5) is 0 Å². The Hall–Kier alpha value is -0.880. The van der Waals surface area contributed by atoms with E-state index in [4.69, 9.17) is 5.26 Å². The number of hydrogen-bond acceptors (Lipinski definition) is 2. The van der Waals surface area contributed by atoms with Gasteiger partial charge in [0, 0.05) is 10.7 Å². The lowest BCUT2D eigenvalue weighted by Gasteiger charge is -2.00. The van der Waals surface area contributed by atoms with Crippen molar-refractivity contribution in [3.05, 3.63) is 28.0 Å². The zero-order chi connectivity index (χ0) is 8.27. The van der Waals surface area contributed by atoms with Crippen molar-refractivity contribution < 1.29 is 0 Å². The summed E-state index contributed by atoms with van der Waals surface area (Å²) in [6, 6.07) is 3.94. The van der Waals surface area contributed by atoms with Crippen molar-refractivity contribution in [2.24, 2.45) is 0 Å². The minimum Gasteiger partial charge on any atom is -0.260 e. The highest BCUT2D eigenvalue weighted by Crippen LogP contribution is 2.18. The Morgan fingerprint density at radius 3 is 3.09 bits per heavy atom. The predicted molar refractivity (Wildman–Crippen MR) is 46.0 cm³/mol. The highest BCUT2D eigenvalue weighted by atomic mass is 79.9. The Bertz CT molecular complexity index is 301. The highest BCUT2D eigenvalue weighted by molar-refractivity contribution is 9.10. The summed E-state index contributed by atoms with van der Waals surface area (Å²) in [5.41, 5.74) is 1.93. The summed E-state index contributed by atoms with van der Waals surface area (Å²) in [7, 11) is 0. The number of nitriles is 1. The number of aryl methyl sites for hydroxylation is 1. The van der Waals surface area contributed by atoms with Crippen LogP contribution in [0.5, 0.6) is 0 Å². The average molecular weight is 211 g/mol. The number of halogens is 1. The van der Waals surface area contributed by atoms with Gasteiger partial charge in [0.1, 0.15) is 0 Å². The molecule has 11 heavy (non-hydrogen) atoms. The van der Waals surface area contributed by atoms with Crippen LogP contribution in [0.2, 0.25) is 0 Å². The Morgan fingerprint density at radius 2 is 2.45 bits per heavy atom. The molecule has 0 radical (unpaired) electrons. The van der Waals surface area contributed by atoms with Crippen LogP contribution in [-0.2, 0) is 6.42 Å². The first-order valence-corrected chi connectivity index (χ1v) is 4.02. The van der Waals surface area contributed by atoms with Gasteiger partial charge in [0.15, 0.2) is 0 Å². The Kier molecular flexibility index (Phi) is 2.61. The fraction of sp³-hybridized carbons (Fsp3) is 0.250. The van der Waals surface area contributed by atoms with E-state index in [1.54, 1.807) is 6.20 Å². The van der Waals surface area contributed by atoms with E-state index in [0.29, 0.717) is 6.42 Å². The monoisotopic (exact) mass is 210 g/mol. The molecule has 0 aliphatic carbocycles. The van der Waals surface area contributed by atoms with Crippen LogP contribution in [0.15, 0.2) is 16.7 Å². The van der Waals surface area contributed by atoms with E-state index < -0.39 is 0 Å². The van der Waals surface area contributed by atoms with E-state index in [-0.39, 0.29) is 0 Å². The number of nitrogens with zero attached hydrogens (tertiary/aromatic N) is 2. The van der Waals surface area contributed by atoms with Crippen molar-refractivity contribution in [1.82, 2.24) is 4.98 Å². The first kappa shape index (κ1) is 8.22. The van der Waals surface area contributed by atoms with Gasteiger partial charge in [-0.2, -0.15) is 5.26 Å². The van der Waals surface area contributed by atoms with E-state index >= 15 is 0 Å². The van der Waals surface area contributed by atoms with Gasteiger partial charge in [0.25, 0.3) is 0 Å². The second-order valence-corrected chi connectivity index (χ2v) is 3.00. The van der Waals surface area contributed by atoms with Crippen molar-refractivity contribution in [1.29, 1.82) is 5.26 Å². The summed E-state index contributed by atoms with van der Waals surface area (Å²) in [6.45, 7) is 1.91. The van der Waals surface area contributed by atoms with Crippen molar-refractivity contribution in [3.8, 4) is 6.07 Å². The van der Waals surface area contributed by atoms with Gasteiger partial charge in [-0.15, -0.1) is 0 Å². The molecule has 0 fully saturated rings. The SMILES string of the molecule is Cc1nccc(CC#N)c1Br. The molecule has 0 amide bonds. The van der Waals surface area contributed by atoms with Crippen molar-refractivity contribution in [3.63, 3.8) is 0 Å². The molecule has 0 saturated carbocycles. The lowest BCUT2D eigenvalue weighted by molar-refractivity contribution is 1.12. The number of rotatable bonds is 1. The van der Waals surface area contributed by atoms with Crippen molar-refractivity contribution in [2.75, 3.05) is 0 Å². The Labute approximate surface area is 74.0 Å². The fourth-order valence-electron chi connectivity index (χ4n) is 0.823. The Morgan fingerprint density at radius 1 is 1.73 bits per heavy atom. The minimum atomic E-state index is 0.434. The number of aromatic nitrogens is 1. The number of hydrogen-bond donors (Lipinski definition) is 0. The highest BCUT2D eigenvalue weighted by Gasteiger charge is 2.01. The van der Waals surface area contributed by atoms with E-state index in [1.807, 2.05) is 13.0 Å². The molecule has 0 N–H and O–H groups in total. The van der Waals surface area contributed by atoms with Gasteiger partial charge in [-0.05, 0) is 34.5 Å².